The van der Waals surface area contributed by atoms with Crippen LogP contribution in [0.3, 0.4) is 0 Å². The number of aliphatic imine (C=N–C) groups is 2. The third kappa shape index (κ3) is 5.04. The molecule has 0 saturated heterocycles. The highest BCUT2D eigenvalue weighted by molar-refractivity contribution is 6.68. The normalized spacial score (nSPS) is 25.5. The number of hydrogen-bond donors (Lipinski definition) is 7. The van der Waals surface area contributed by atoms with Gasteiger partial charge in [0.05, 0.1) is 48.8 Å². The van der Waals surface area contributed by atoms with Crippen molar-refractivity contribution in [2.45, 2.75) is 51.8 Å². The molecule has 16 heteroatoms. The lowest BCUT2D eigenvalue weighted by Crippen LogP contribution is -3.36. The first-order valence-corrected chi connectivity index (χ1v) is 14.7. The summed E-state index contributed by atoms with van der Waals surface area (Å²) < 4.78 is 23.3. The predicted octanol–water partition coefficient (Wildman–Crippen LogP) is -2.94. The van der Waals surface area contributed by atoms with Gasteiger partial charge in [-0.1, -0.05) is 0 Å². The van der Waals surface area contributed by atoms with E-state index in [2.05, 4.69) is 20.6 Å². The summed E-state index contributed by atoms with van der Waals surface area (Å²) in [6, 6.07) is 0. The van der Waals surface area contributed by atoms with Crippen molar-refractivity contribution in [3.63, 3.8) is 0 Å². The Balaban J connectivity index is 1.45. The Morgan fingerprint density at radius 1 is 1.33 bits per heavy atom. The number of carbonyl (C=O) groups excluding carboxylic acids is 3. The third-order valence-electron chi connectivity index (χ3n) is 8.37. The second-order valence-corrected chi connectivity index (χ2v) is 11.6. The molecular weight excluding hydrogens is 602 g/mol. The lowest BCUT2D eigenvalue weighted by Gasteiger charge is -2.28. The molecule has 16 nitrogen and oxygen atoms in total. The van der Waals surface area contributed by atoms with Crippen LogP contribution in [0.5, 0.6) is 17.2 Å². The lowest BCUT2D eigenvalue weighted by atomic mass is 9.87. The van der Waals surface area contributed by atoms with Crippen LogP contribution in [0.25, 0.3) is 5.57 Å². The van der Waals surface area contributed by atoms with E-state index in [1.165, 1.54) is 7.11 Å². The molecule has 1 amide bonds. The Kier molecular flexibility index (Phi) is 7.97. The Hall–Kier alpha value is -4.90. The summed E-state index contributed by atoms with van der Waals surface area (Å²) in [6.45, 7) is 4.80. The van der Waals surface area contributed by atoms with Crippen molar-refractivity contribution in [2.24, 2.45) is 9.98 Å². The van der Waals surface area contributed by atoms with E-state index in [0.717, 1.165) is 4.90 Å². The standard InChI is InChI=1S/C30H33N7O9/c1-5-44-27(41)24-16(11-38)14(6-8-36-9-7-32-29(36)37-13-33-20-25(37)34-28(31)35-26(20)40)19-22(43-4)15-10-18(30(2,3)42)45-21(15)17(12-39)23(19)46-24/h6-7,9,11,18,29,32,39,42H,5,8,10,12-13H2,1-4H3,(H2,31,35,40)/p+2. The minimum absolute atomic E-state index is 0.0264. The van der Waals surface area contributed by atoms with Crippen molar-refractivity contribution in [3.8, 4) is 17.2 Å². The highest BCUT2D eigenvalue weighted by Gasteiger charge is 2.47. The fourth-order valence-electron chi connectivity index (χ4n) is 6.19. The van der Waals surface area contributed by atoms with E-state index in [9.17, 15) is 24.6 Å². The molecule has 1 aromatic rings. The van der Waals surface area contributed by atoms with Crippen LogP contribution in [0.4, 0.5) is 0 Å². The van der Waals surface area contributed by atoms with Crippen LogP contribution in [-0.4, -0.2) is 90.8 Å². The number of amides is 1. The summed E-state index contributed by atoms with van der Waals surface area (Å²) in [5, 5.41) is 34.8. The number of ether oxygens (including phenoxy) is 4. The molecule has 4 atom stereocenters. The van der Waals surface area contributed by atoms with Gasteiger partial charge in [-0.25, -0.2) is 14.7 Å². The second kappa shape index (κ2) is 11.8. The van der Waals surface area contributed by atoms with Gasteiger partial charge in [0.15, 0.2) is 13.0 Å². The number of guanidine groups is 1. The first-order chi connectivity index (χ1) is 22.0. The number of nitrogens with one attached hydrogen (secondary N) is 5. The highest BCUT2D eigenvalue weighted by Crippen LogP contribution is 2.54. The molecule has 0 aromatic heterocycles. The Morgan fingerprint density at radius 3 is 2.78 bits per heavy atom. The summed E-state index contributed by atoms with van der Waals surface area (Å²) in [5.41, 5.74) is 0.319. The van der Waals surface area contributed by atoms with Gasteiger partial charge in [-0.15, -0.1) is 0 Å². The maximum atomic E-state index is 13.1. The van der Waals surface area contributed by atoms with Gasteiger partial charge < -0.3 is 29.2 Å². The van der Waals surface area contributed by atoms with Crippen molar-refractivity contribution >= 4 is 41.2 Å². The fraction of sp³-hybridized carbons (Fsp3) is 0.400. The van der Waals surface area contributed by atoms with Crippen LogP contribution in [-0.2, 0) is 32.1 Å². The molecule has 0 radical (unpaired) electrons. The maximum Gasteiger partial charge on any atom is 0.375 e. The Labute approximate surface area is 263 Å². The number of amidine groups is 1. The molecule has 7 N–H and O–H groups in total. The second-order valence-electron chi connectivity index (χ2n) is 11.6. The number of benzene rings is 1. The lowest BCUT2D eigenvalue weighted by molar-refractivity contribution is -1.05. The molecule has 4 unspecified atom stereocenters. The zero-order valence-corrected chi connectivity index (χ0v) is 25.6. The van der Waals surface area contributed by atoms with Crippen molar-refractivity contribution in [1.82, 2.24) is 10.6 Å². The minimum atomic E-state index is -1.24. The van der Waals surface area contributed by atoms with E-state index in [1.807, 2.05) is 6.20 Å². The van der Waals surface area contributed by atoms with Crippen molar-refractivity contribution in [2.75, 3.05) is 26.9 Å². The number of carbonyl (C=O) groups is 3. The number of aliphatic hydroxyl groups is 2. The average molecular weight is 638 g/mol. The Morgan fingerprint density at radius 2 is 2.11 bits per heavy atom. The molecule has 0 bridgehead atoms. The van der Waals surface area contributed by atoms with Gasteiger partial charge in [0.25, 0.3) is 11.7 Å². The number of methoxy groups -OCH3 is 1. The molecule has 0 aliphatic carbocycles. The van der Waals surface area contributed by atoms with Crippen molar-refractivity contribution < 1.29 is 53.3 Å². The third-order valence-corrected chi connectivity index (χ3v) is 8.37. The number of nitrogens with zero attached hydrogens (tertiary/aromatic N) is 2. The van der Waals surface area contributed by atoms with E-state index >= 15 is 0 Å². The fourth-order valence-corrected chi connectivity index (χ4v) is 6.19. The smallest absolute Gasteiger partial charge is 0.375 e. The van der Waals surface area contributed by atoms with Gasteiger partial charge in [0.2, 0.25) is 17.4 Å². The van der Waals surface area contributed by atoms with Crippen molar-refractivity contribution in [1.29, 1.82) is 5.41 Å². The SMILES string of the molecule is CCOC(=O)C1=C(C=O)C(=CC[NH+]2C=CNC2[NH+]2CN=C3C(=O)NC(=N)N=C32)c2c(OC)c3c(c(CO)c2O1)OC(C(C)(C)O)C3. The van der Waals surface area contributed by atoms with Gasteiger partial charge >= 0.3 is 12.3 Å². The summed E-state index contributed by atoms with van der Waals surface area (Å²) in [4.78, 5) is 48.3. The van der Waals surface area contributed by atoms with E-state index in [0.29, 0.717) is 39.5 Å². The molecule has 46 heavy (non-hydrogen) atoms. The van der Waals surface area contributed by atoms with Gasteiger partial charge in [0.1, 0.15) is 36.1 Å². The summed E-state index contributed by atoms with van der Waals surface area (Å²) >= 11 is 0. The topological polar surface area (TPSA) is 210 Å². The zero-order chi connectivity index (χ0) is 32.9. The van der Waals surface area contributed by atoms with E-state index in [1.54, 1.807) is 33.0 Å². The molecule has 5 aliphatic rings. The number of rotatable bonds is 9. The molecule has 0 spiro atoms. The number of fused-ring (bicyclic) bond motifs is 3. The van der Waals surface area contributed by atoms with Gasteiger partial charge in [-0.3, -0.25) is 25.6 Å². The van der Waals surface area contributed by atoms with Gasteiger partial charge in [-0.2, -0.15) is 9.89 Å². The first-order valence-electron chi connectivity index (χ1n) is 14.7. The number of allylic oxidation sites excluding steroid dienone is 2. The quantitative estimate of drug-likeness (QED) is 0.108. The summed E-state index contributed by atoms with van der Waals surface area (Å²) in [7, 11) is 1.45. The van der Waals surface area contributed by atoms with Crippen LogP contribution >= 0.6 is 0 Å². The van der Waals surface area contributed by atoms with Crippen LogP contribution in [0.2, 0.25) is 0 Å². The van der Waals surface area contributed by atoms with E-state index < -0.39 is 36.5 Å². The van der Waals surface area contributed by atoms with Gasteiger partial charge in [0, 0.05) is 17.6 Å². The van der Waals surface area contributed by atoms with E-state index in [4.69, 9.17) is 24.4 Å². The van der Waals surface area contributed by atoms with Crippen LogP contribution in [0, 0.1) is 5.41 Å². The van der Waals surface area contributed by atoms with E-state index in [-0.39, 0.29) is 66.3 Å². The number of hydrogen-bond acceptors (Lipinski definition) is 12. The maximum absolute atomic E-state index is 13.1. The highest BCUT2D eigenvalue weighted by atomic mass is 16.6. The summed E-state index contributed by atoms with van der Waals surface area (Å²) in [6.07, 6.45) is 5.06. The zero-order valence-electron chi connectivity index (χ0n) is 25.6. The van der Waals surface area contributed by atoms with Crippen LogP contribution < -0.4 is 34.6 Å². The number of aliphatic hydroxyl groups excluding tert-OH is 1. The molecule has 0 fully saturated rings. The monoisotopic (exact) mass is 637 g/mol. The molecule has 1 aromatic carbocycles. The largest absolute Gasteiger partial charge is 0.496 e. The van der Waals surface area contributed by atoms with Crippen LogP contribution in [0.15, 0.2) is 39.8 Å². The molecule has 5 heterocycles. The molecule has 5 aliphatic heterocycles. The molecule has 242 valence electrons. The van der Waals surface area contributed by atoms with Crippen LogP contribution in [0.1, 0.15) is 37.5 Å². The van der Waals surface area contributed by atoms with Gasteiger partial charge in [-0.05, 0) is 26.8 Å². The average Bonchev–Trinajstić information content (AvgIpc) is 3.76. The molecule has 6 rings (SSSR count). The molecular formula is C30H35N7O9+2. The number of aldehydes is 1. The van der Waals surface area contributed by atoms with Crippen molar-refractivity contribution in [3.05, 3.63) is 46.5 Å². The summed E-state index contributed by atoms with van der Waals surface area (Å²) in [5.74, 6) is -0.967. The predicted molar refractivity (Wildman–Crippen MR) is 160 cm³/mol. The number of esters is 1. The Bertz CT molecular complexity index is 1700. The minimum Gasteiger partial charge on any atom is -0.496 e. The first kappa shape index (κ1) is 31.1. The molecule has 0 saturated carbocycles. The number of quaternary nitrogens is 2.